The van der Waals surface area contributed by atoms with Crippen molar-refractivity contribution < 1.29 is 38.4 Å². The molecule has 6 atom stereocenters. The predicted octanol–water partition coefficient (Wildman–Crippen LogP) is 4.22. The first kappa shape index (κ1) is 31.3. The molecule has 1 aliphatic rings. The molecule has 9 nitrogen and oxygen atoms in total. The van der Waals surface area contributed by atoms with Gasteiger partial charge in [0, 0.05) is 37.5 Å². The molecule has 0 unspecified atom stereocenters. The average Bonchev–Trinajstić information content (AvgIpc) is 2.85. The smallest absolute Gasteiger partial charge is 0.405 e. The van der Waals surface area contributed by atoms with Crippen LogP contribution in [-0.4, -0.2) is 60.8 Å². The molecule has 10 heteroatoms. The zero-order chi connectivity index (χ0) is 28.6. The van der Waals surface area contributed by atoms with Gasteiger partial charge in [0.1, 0.15) is 0 Å². The van der Waals surface area contributed by atoms with Crippen LogP contribution in [0.2, 0.25) is 0 Å². The van der Waals surface area contributed by atoms with E-state index in [4.69, 9.17) is 19.9 Å². The Labute approximate surface area is 223 Å². The molecule has 0 saturated heterocycles. The molecule has 0 aromatic heterocycles. The van der Waals surface area contributed by atoms with Gasteiger partial charge in [0.05, 0.1) is 18.3 Å². The maximum atomic E-state index is 14.7. The highest BCUT2D eigenvalue weighted by Crippen LogP contribution is 2.30. The largest absolute Gasteiger partial charge is 0.505 e. The van der Waals surface area contributed by atoms with E-state index >= 15 is 0 Å². The summed E-state index contributed by atoms with van der Waals surface area (Å²) in [5.74, 6) is -2.24. The minimum absolute atomic E-state index is 0.140. The molecule has 0 aliphatic carbocycles. The zero-order valence-electron chi connectivity index (χ0n) is 23.0. The van der Waals surface area contributed by atoms with E-state index in [1.807, 2.05) is 13.8 Å². The van der Waals surface area contributed by atoms with Crippen LogP contribution in [-0.2, 0) is 25.4 Å². The number of hydrogen-bond acceptors (Lipinski definition) is 7. The number of benzene rings is 1. The number of ether oxygens (including phenoxy) is 3. The SMILES string of the molecule is CO[C@H]1C[C@H](C)Cc2cc(cc(O)c2F)NC(=O)/C(C)=C/CC[C@H](OC)[C@@H](OC(N)=O)/C(C)=C/[C@H](C)[C@H]1O. The molecule has 2 bridgehead atoms. The summed E-state index contributed by atoms with van der Waals surface area (Å²) in [6.45, 7) is 7.12. The lowest BCUT2D eigenvalue weighted by atomic mass is 9.88. The molecule has 0 fully saturated rings. The molecule has 38 heavy (non-hydrogen) atoms. The fraction of sp³-hybridized carbons (Fsp3) is 0.571. The van der Waals surface area contributed by atoms with Gasteiger partial charge in [0.15, 0.2) is 17.7 Å². The van der Waals surface area contributed by atoms with E-state index in [0.29, 0.717) is 30.4 Å². The second-order valence-electron chi connectivity index (χ2n) is 10.1. The van der Waals surface area contributed by atoms with E-state index in [9.17, 15) is 24.2 Å². The van der Waals surface area contributed by atoms with Crippen LogP contribution in [0.15, 0.2) is 35.4 Å². The molecule has 2 rings (SSSR count). The summed E-state index contributed by atoms with van der Waals surface area (Å²) in [7, 11) is 2.99. The summed E-state index contributed by atoms with van der Waals surface area (Å²) in [5, 5.41) is 23.9. The topological polar surface area (TPSA) is 140 Å². The molecule has 1 aromatic rings. The number of hydrogen-bond donors (Lipinski definition) is 4. The summed E-state index contributed by atoms with van der Waals surface area (Å²) >= 11 is 0. The van der Waals surface area contributed by atoms with Gasteiger partial charge in [0.25, 0.3) is 5.91 Å². The number of fused-ring (bicyclic) bond motifs is 2. The van der Waals surface area contributed by atoms with Crippen molar-refractivity contribution in [3.05, 3.63) is 46.8 Å². The minimum atomic E-state index is -0.955. The number of carbonyl (C=O) groups is 2. The highest BCUT2D eigenvalue weighted by molar-refractivity contribution is 6.03. The first-order valence-corrected chi connectivity index (χ1v) is 12.7. The molecule has 212 valence electrons. The Bertz CT molecular complexity index is 1040. The van der Waals surface area contributed by atoms with Crippen molar-refractivity contribution in [1.82, 2.24) is 0 Å². The van der Waals surface area contributed by atoms with E-state index in [1.54, 1.807) is 26.0 Å². The van der Waals surface area contributed by atoms with Crippen LogP contribution in [0.5, 0.6) is 5.75 Å². The third-order valence-electron chi connectivity index (χ3n) is 6.93. The summed E-state index contributed by atoms with van der Waals surface area (Å²) in [4.78, 5) is 24.4. The molecular formula is C28H41FN2O7. The maximum absolute atomic E-state index is 14.7. The van der Waals surface area contributed by atoms with Crippen molar-refractivity contribution in [3.8, 4) is 5.75 Å². The fourth-order valence-corrected chi connectivity index (χ4v) is 4.83. The number of anilines is 1. The number of aliphatic hydroxyl groups is 1. The van der Waals surface area contributed by atoms with E-state index < -0.39 is 53.9 Å². The summed E-state index contributed by atoms with van der Waals surface area (Å²) in [5.41, 5.74) is 6.91. The normalized spacial score (nSPS) is 30.9. The number of aromatic hydroxyl groups is 1. The third kappa shape index (κ3) is 8.54. The van der Waals surface area contributed by atoms with Crippen molar-refractivity contribution in [2.45, 2.75) is 77.8 Å². The standard InChI is InChI=1S/C28H41FN2O7/c1-15-10-19-13-20(14-21(32)24(19)29)31-27(34)16(2)8-7-9-22(36-5)26(38-28(30)35)18(4)12-17(3)25(33)23(11-15)37-6/h8,12-15,17,22-23,25-26,32-33H,7,9-11H2,1-6H3,(H2,30,35)(H,31,34)/b16-8+,18-12+/t15-,17+,22+,23+,25-,26+/m1/s1. The molecule has 0 spiro atoms. The molecular weight excluding hydrogens is 495 g/mol. The Morgan fingerprint density at radius 3 is 2.42 bits per heavy atom. The number of carbonyl (C=O) groups excluding carboxylic acids is 2. The first-order chi connectivity index (χ1) is 17.9. The molecule has 1 aromatic carbocycles. The lowest BCUT2D eigenvalue weighted by Gasteiger charge is -2.30. The van der Waals surface area contributed by atoms with E-state index in [2.05, 4.69) is 5.32 Å². The Hall–Kier alpha value is -2.95. The van der Waals surface area contributed by atoms with Gasteiger partial charge in [-0.2, -0.15) is 0 Å². The Morgan fingerprint density at radius 1 is 1.16 bits per heavy atom. The first-order valence-electron chi connectivity index (χ1n) is 12.7. The average molecular weight is 537 g/mol. The van der Waals surface area contributed by atoms with Crippen molar-refractivity contribution in [2.24, 2.45) is 17.6 Å². The summed E-state index contributed by atoms with van der Waals surface area (Å²) in [6.07, 6.45) is 1.18. The number of phenolic OH excluding ortho intramolecular Hbond substituents is 1. The number of rotatable bonds is 3. The van der Waals surface area contributed by atoms with Crippen molar-refractivity contribution in [3.63, 3.8) is 0 Å². The lowest BCUT2D eigenvalue weighted by molar-refractivity contribution is -0.112. The Kier molecular flexibility index (Phi) is 11.7. The van der Waals surface area contributed by atoms with Gasteiger partial charge < -0.3 is 35.5 Å². The van der Waals surface area contributed by atoms with Gasteiger partial charge in [-0.05, 0) is 62.7 Å². The molecule has 2 amide bonds. The van der Waals surface area contributed by atoms with Crippen molar-refractivity contribution in [1.29, 1.82) is 0 Å². The van der Waals surface area contributed by atoms with E-state index in [1.165, 1.54) is 26.4 Å². The van der Waals surface area contributed by atoms with Crippen molar-refractivity contribution >= 4 is 17.7 Å². The van der Waals surface area contributed by atoms with Crippen LogP contribution in [0.25, 0.3) is 0 Å². The number of methoxy groups -OCH3 is 2. The Morgan fingerprint density at radius 2 is 1.82 bits per heavy atom. The number of amides is 2. The summed E-state index contributed by atoms with van der Waals surface area (Å²) in [6, 6.07) is 2.67. The lowest BCUT2D eigenvalue weighted by Crippen LogP contribution is -2.37. The molecule has 1 heterocycles. The Balaban J connectivity index is 2.51. The van der Waals surface area contributed by atoms with Gasteiger partial charge in [-0.15, -0.1) is 0 Å². The van der Waals surface area contributed by atoms with E-state index in [-0.39, 0.29) is 23.6 Å². The quantitative estimate of drug-likeness (QED) is 0.424. The number of allylic oxidation sites excluding steroid dienone is 1. The number of aliphatic hydroxyl groups excluding tert-OH is 1. The van der Waals surface area contributed by atoms with Crippen LogP contribution in [0.1, 0.15) is 52.5 Å². The molecule has 1 aliphatic heterocycles. The molecule has 5 N–H and O–H groups in total. The third-order valence-corrected chi connectivity index (χ3v) is 6.93. The second-order valence-corrected chi connectivity index (χ2v) is 10.1. The van der Waals surface area contributed by atoms with Crippen LogP contribution in [0, 0.1) is 17.7 Å². The highest BCUT2D eigenvalue weighted by Gasteiger charge is 2.30. The van der Waals surface area contributed by atoms with Gasteiger partial charge in [-0.25, -0.2) is 9.18 Å². The van der Waals surface area contributed by atoms with Gasteiger partial charge >= 0.3 is 6.09 Å². The number of phenols is 1. The molecule has 0 radical (unpaired) electrons. The van der Waals surface area contributed by atoms with Gasteiger partial charge in [-0.1, -0.05) is 26.0 Å². The van der Waals surface area contributed by atoms with Crippen LogP contribution >= 0.6 is 0 Å². The predicted molar refractivity (Wildman–Crippen MR) is 142 cm³/mol. The minimum Gasteiger partial charge on any atom is -0.505 e. The number of nitrogens with two attached hydrogens (primary N) is 1. The zero-order valence-corrected chi connectivity index (χ0v) is 23.0. The van der Waals surface area contributed by atoms with Crippen LogP contribution in [0.4, 0.5) is 14.9 Å². The number of nitrogens with one attached hydrogen (secondary N) is 1. The van der Waals surface area contributed by atoms with Crippen molar-refractivity contribution in [2.75, 3.05) is 19.5 Å². The van der Waals surface area contributed by atoms with Crippen LogP contribution in [0.3, 0.4) is 0 Å². The number of halogens is 1. The highest BCUT2D eigenvalue weighted by atomic mass is 19.1. The van der Waals surface area contributed by atoms with Crippen LogP contribution < -0.4 is 11.1 Å². The van der Waals surface area contributed by atoms with Gasteiger partial charge in [-0.3, -0.25) is 4.79 Å². The van der Waals surface area contributed by atoms with E-state index in [0.717, 1.165) is 0 Å². The van der Waals surface area contributed by atoms with Gasteiger partial charge in [0.2, 0.25) is 0 Å². The number of primary amides is 1. The fourth-order valence-electron chi connectivity index (χ4n) is 4.83. The summed E-state index contributed by atoms with van der Waals surface area (Å²) < 4.78 is 31.3. The molecule has 0 saturated carbocycles. The second kappa shape index (κ2) is 14.3. The maximum Gasteiger partial charge on any atom is 0.405 e. The monoisotopic (exact) mass is 536 g/mol.